The third-order valence-corrected chi connectivity index (χ3v) is 6.06. The van der Waals surface area contributed by atoms with Crippen LogP contribution in [0.1, 0.15) is 11.1 Å². The number of amidine groups is 1. The van der Waals surface area contributed by atoms with Crippen LogP contribution in [0.3, 0.4) is 0 Å². The summed E-state index contributed by atoms with van der Waals surface area (Å²) in [5, 5.41) is 0.559. The molecule has 6 heteroatoms. The van der Waals surface area contributed by atoms with Crippen LogP contribution in [0, 0.1) is 6.92 Å². The van der Waals surface area contributed by atoms with E-state index in [0.717, 1.165) is 11.1 Å². The monoisotopic (exact) mass is 348 g/mol. The van der Waals surface area contributed by atoms with Crippen molar-refractivity contribution >= 4 is 27.5 Å². The molecule has 120 valence electrons. The zero-order valence-corrected chi connectivity index (χ0v) is 14.3. The molecule has 0 bridgehead atoms. The molecule has 3 rings (SSSR count). The van der Waals surface area contributed by atoms with Crippen molar-refractivity contribution in [3.05, 3.63) is 64.7 Å². The van der Waals surface area contributed by atoms with Gasteiger partial charge in [0.1, 0.15) is 5.84 Å². The van der Waals surface area contributed by atoms with Gasteiger partial charge in [-0.3, -0.25) is 9.30 Å². The highest BCUT2D eigenvalue weighted by molar-refractivity contribution is 7.89. The minimum Gasteiger partial charge on any atom is -0.269 e. The Balaban J connectivity index is 1.90. The molecule has 0 radical (unpaired) electrons. The highest BCUT2D eigenvalue weighted by atomic mass is 35.5. The molecular formula is C17H17ClN2O2S. The Bertz CT molecular complexity index is 848. The molecule has 0 fully saturated rings. The van der Waals surface area contributed by atoms with E-state index in [4.69, 9.17) is 11.6 Å². The number of benzene rings is 2. The SMILES string of the molecule is Cc1cc(S(=O)(=O)N2CCN=C2Cc2ccccc2)ccc1Cl. The maximum absolute atomic E-state index is 12.9. The highest BCUT2D eigenvalue weighted by Crippen LogP contribution is 2.24. The first-order valence-electron chi connectivity index (χ1n) is 7.34. The Morgan fingerprint density at radius 2 is 1.91 bits per heavy atom. The second-order valence-electron chi connectivity index (χ2n) is 5.45. The van der Waals surface area contributed by atoms with Gasteiger partial charge in [-0.2, -0.15) is 0 Å². The van der Waals surface area contributed by atoms with Crippen molar-refractivity contribution in [3.63, 3.8) is 0 Å². The molecule has 0 unspecified atom stereocenters. The average Bonchev–Trinajstić information content (AvgIpc) is 3.00. The van der Waals surface area contributed by atoms with E-state index in [1.807, 2.05) is 30.3 Å². The molecule has 23 heavy (non-hydrogen) atoms. The lowest BCUT2D eigenvalue weighted by atomic mass is 10.1. The third-order valence-electron chi connectivity index (χ3n) is 3.81. The van der Waals surface area contributed by atoms with Crippen LogP contribution in [0.5, 0.6) is 0 Å². The standard InChI is InChI=1S/C17H17ClN2O2S/c1-13-11-15(7-8-16(13)18)23(21,22)20-10-9-19-17(20)12-14-5-3-2-4-6-14/h2-8,11H,9-10,12H2,1H3. The molecule has 0 saturated heterocycles. The second kappa shape index (κ2) is 6.34. The van der Waals surface area contributed by atoms with Crippen molar-refractivity contribution in [3.8, 4) is 0 Å². The first-order valence-corrected chi connectivity index (χ1v) is 9.16. The number of rotatable bonds is 4. The topological polar surface area (TPSA) is 49.7 Å². The molecule has 0 aromatic heterocycles. The van der Waals surface area contributed by atoms with Gasteiger partial charge < -0.3 is 0 Å². The molecule has 0 spiro atoms. The quantitative estimate of drug-likeness (QED) is 0.851. The van der Waals surface area contributed by atoms with Gasteiger partial charge in [0.05, 0.1) is 18.0 Å². The number of hydrogen-bond donors (Lipinski definition) is 0. The molecule has 2 aromatic rings. The number of aliphatic imine (C=N–C) groups is 1. The van der Waals surface area contributed by atoms with Gasteiger partial charge in [0.15, 0.2) is 0 Å². The first kappa shape index (κ1) is 16.0. The van der Waals surface area contributed by atoms with Crippen LogP contribution in [-0.4, -0.2) is 31.6 Å². The zero-order chi connectivity index (χ0) is 16.4. The van der Waals surface area contributed by atoms with Crippen molar-refractivity contribution in [2.45, 2.75) is 18.2 Å². The summed E-state index contributed by atoms with van der Waals surface area (Å²) in [4.78, 5) is 4.63. The zero-order valence-electron chi connectivity index (χ0n) is 12.7. The van der Waals surface area contributed by atoms with Gasteiger partial charge in [0.25, 0.3) is 10.0 Å². The molecule has 0 amide bonds. The average molecular weight is 349 g/mol. The van der Waals surface area contributed by atoms with Crippen LogP contribution < -0.4 is 0 Å². The van der Waals surface area contributed by atoms with Gasteiger partial charge in [0, 0.05) is 11.4 Å². The fourth-order valence-electron chi connectivity index (χ4n) is 2.56. The predicted molar refractivity (Wildman–Crippen MR) is 92.5 cm³/mol. The van der Waals surface area contributed by atoms with E-state index in [9.17, 15) is 8.42 Å². The summed E-state index contributed by atoms with van der Waals surface area (Å²) in [6.45, 7) is 2.67. The highest BCUT2D eigenvalue weighted by Gasteiger charge is 2.30. The summed E-state index contributed by atoms with van der Waals surface area (Å²) in [5.74, 6) is 0.587. The molecule has 0 N–H and O–H groups in total. The normalized spacial score (nSPS) is 14.9. The number of nitrogens with zero attached hydrogens (tertiary/aromatic N) is 2. The Labute approximate surface area is 141 Å². The van der Waals surface area contributed by atoms with Gasteiger partial charge >= 0.3 is 0 Å². The van der Waals surface area contributed by atoms with E-state index in [-0.39, 0.29) is 4.90 Å². The maximum Gasteiger partial charge on any atom is 0.265 e. The molecule has 0 aliphatic carbocycles. The second-order valence-corrected chi connectivity index (χ2v) is 7.72. The Morgan fingerprint density at radius 3 is 2.61 bits per heavy atom. The molecule has 1 aliphatic heterocycles. The summed E-state index contributed by atoms with van der Waals surface area (Å²) in [7, 11) is -3.60. The van der Waals surface area contributed by atoms with E-state index < -0.39 is 10.0 Å². The predicted octanol–water partition coefficient (Wildman–Crippen LogP) is 3.29. The minimum absolute atomic E-state index is 0.252. The molecule has 1 aliphatic rings. The van der Waals surface area contributed by atoms with Gasteiger partial charge in [-0.25, -0.2) is 8.42 Å². The summed E-state index contributed by atoms with van der Waals surface area (Å²) in [6.07, 6.45) is 0.507. The van der Waals surface area contributed by atoms with Crippen LogP contribution in [0.4, 0.5) is 0 Å². The Morgan fingerprint density at radius 1 is 1.17 bits per heavy atom. The molecule has 2 aromatic carbocycles. The fourth-order valence-corrected chi connectivity index (χ4v) is 4.22. The van der Waals surface area contributed by atoms with Gasteiger partial charge in [-0.1, -0.05) is 41.9 Å². The lowest BCUT2D eigenvalue weighted by molar-refractivity contribution is 0.535. The summed E-state index contributed by atoms with van der Waals surface area (Å²) >= 11 is 5.99. The van der Waals surface area contributed by atoms with E-state index in [1.165, 1.54) is 4.31 Å². The minimum atomic E-state index is -3.60. The van der Waals surface area contributed by atoms with E-state index in [0.29, 0.717) is 30.4 Å². The number of halogens is 1. The smallest absolute Gasteiger partial charge is 0.265 e. The van der Waals surface area contributed by atoms with E-state index >= 15 is 0 Å². The van der Waals surface area contributed by atoms with Crippen LogP contribution in [0.15, 0.2) is 58.4 Å². The molecule has 0 atom stereocenters. The van der Waals surface area contributed by atoms with Gasteiger partial charge in [-0.15, -0.1) is 0 Å². The van der Waals surface area contributed by atoms with E-state index in [2.05, 4.69) is 4.99 Å². The molecule has 4 nitrogen and oxygen atoms in total. The number of hydrogen-bond acceptors (Lipinski definition) is 3. The van der Waals surface area contributed by atoms with Crippen LogP contribution in [-0.2, 0) is 16.4 Å². The van der Waals surface area contributed by atoms with E-state index in [1.54, 1.807) is 25.1 Å². The van der Waals surface area contributed by atoms with Gasteiger partial charge in [-0.05, 0) is 36.2 Å². The van der Waals surface area contributed by atoms with Gasteiger partial charge in [0.2, 0.25) is 0 Å². The summed E-state index contributed by atoms with van der Waals surface area (Å²) in [6, 6.07) is 14.5. The lowest BCUT2D eigenvalue weighted by Gasteiger charge is -2.21. The van der Waals surface area contributed by atoms with Crippen molar-refractivity contribution in [2.75, 3.05) is 13.1 Å². The summed E-state index contributed by atoms with van der Waals surface area (Å²) < 4.78 is 27.2. The van der Waals surface area contributed by atoms with Crippen LogP contribution >= 0.6 is 11.6 Å². The van der Waals surface area contributed by atoms with Crippen molar-refractivity contribution in [2.24, 2.45) is 4.99 Å². The summed E-state index contributed by atoms with van der Waals surface area (Å²) in [5.41, 5.74) is 1.79. The van der Waals surface area contributed by atoms with Crippen molar-refractivity contribution in [1.82, 2.24) is 4.31 Å². The lowest BCUT2D eigenvalue weighted by Crippen LogP contribution is -2.35. The number of aryl methyl sites for hydroxylation is 1. The molecular weight excluding hydrogens is 332 g/mol. The largest absolute Gasteiger partial charge is 0.269 e. The Kier molecular flexibility index (Phi) is 4.41. The first-order chi connectivity index (χ1) is 11.0. The van der Waals surface area contributed by atoms with Crippen molar-refractivity contribution in [1.29, 1.82) is 0 Å². The molecule has 1 heterocycles. The fraction of sp³-hybridized carbons (Fsp3) is 0.235. The maximum atomic E-state index is 12.9. The third kappa shape index (κ3) is 3.26. The number of sulfonamides is 1. The molecule has 0 saturated carbocycles. The Hall–Kier alpha value is -1.85. The van der Waals surface area contributed by atoms with Crippen LogP contribution in [0.25, 0.3) is 0 Å². The van der Waals surface area contributed by atoms with Crippen molar-refractivity contribution < 1.29 is 8.42 Å². The van der Waals surface area contributed by atoms with Crippen LogP contribution in [0.2, 0.25) is 5.02 Å².